The van der Waals surface area contributed by atoms with Crippen molar-refractivity contribution in [2.45, 2.75) is 32.2 Å². The quantitative estimate of drug-likeness (QED) is 0.766. The number of ether oxygens (including phenoxy) is 2. The van der Waals surface area contributed by atoms with Gasteiger partial charge in [-0.3, -0.25) is 0 Å². The molecular formula is C14H19ClO2. The van der Waals surface area contributed by atoms with E-state index in [9.17, 15) is 0 Å². The number of halogens is 1. The molecule has 1 aromatic carbocycles. The summed E-state index contributed by atoms with van der Waals surface area (Å²) >= 11 is 5.85. The SMILES string of the molecule is CC(C)CC1(c2ccccc2)OCC(CCl)O1. The first-order chi connectivity index (χ1) is 8.16. The van der Waals surface area contributed by atoms with Gasteiger partial charge in [0.15, 0.2) is 5.79 Å². The minimum Gasteiger partial charge on any atom is -0.343 e. The van der Waals surface area contributed by atoms with E-state index in [0.29, 0.717) is 18.4 Å². The van der Waals surface area contributed by atoms with E-state index < -0.39 is 5.79 Å². The van der Waals surface area contributed by atoms with Crippen LogP contribution in [0.25, 0.3) is 0 Å². The van der Waals surface area contributed by atoms with Gasteiger partial charge in [-0.1, -0.05) is 44.2 Å². The molecular weight excluding hydrogens is 236 g/mol. The predicted molar refractivity (Wildman–Crippen MR) is 69.1 cm³/mol. The van der Waals surface area contributed by atoms with E-state index in [1.165, 1.54) is 0 Å². The Morgan fingerprint density at radius 2 is 2.06 bits per heavy atom. The summed E-state index contributed by atoms with van der Waals surface area (Å²) in [4.78, 5) is 0. The summed E-state index contributed by atoms with van der Waals surface area (Å²) in [6, 6.07) is 10.1. The average Bonchev–Trinajstić information content (AvgIpc) is 2.74. The smallest absolute Gasteiger partial charge is 0.195 e. The van der Waals surface area contributed by atoms with Gasteiger partial charge in [-0.25, -0.2) is 0 Å². The molecule has 2 unspecified atom stereocenters. The maximum atomic E-state index is 6.04. The van der Waals surface area contributed by atoms with Gasteiger partial charge in [-0.2, -0.15) is 0 Å². The van der Waals surface area contributed by atoms with E-state index in [4.69, 9.17) is 21.1 Å². The van der Waals surface area contributed by atoms with Crippen molar-refractivity contribution in [2.24, 2.45) is 5.92 Å². The Bertz CT molecular complexity index is 352. The molecule has 1 heterocycles. The third kappa shape index (κ3) is 2.82. The van der Waals surface area contributed by atoms with Crippen LogP contribution in [-0.4, -0.2) is 18.6 Å². The molecule has 0 aromatic heterocycles. The Morgan fingerprint density at radius 3 is 2.59 bits per heavy atom. The summed E-state index contributed by atoms with van der Waals surface area (Å²) in [5.41, 5.74) is 1.08. The lowest BCUT2D eigenvalue weighted by atomic mass is 9.96. The predicted octanol–water partition coefficient (Wildman–Crippen LogP) is 3.54. The van der Waals surface area contributed by atoms with Crippen molar-refractivity contribution >= 4 is 11.6 Å². The first-order valence-corrected chi connectivity index (χ1v) is 6.63. The normalized spacial score (nSPS) is 28.8. The molecule has 1 aliphatic heterocycles. The van der Waals surface area contributed by atoms with Crippen LogP contribution in [-0.2, 0) is 15.3 Å². The summed E-state index contributed by atoms with van der Waals surface area (Å²) in [5.74, 6) is 0.381. The molecule has 0 spiro atoms. The van der Waals surface area contributed by atoms with Gasteiger partial charge in [0.05, 0.1) is 18.6 Å². The molecule has 94 valence electrons. The zero-order valence-electron chi connectivity index (χ0n) is 10.4. The topological polar surface area (TPSA) is 18.5 Å². The van der Waals surface area contributed by atoms with Crippen molar-refractivity contribution in [2.75, 3.05) is 12.5 Å². The fourth-order valence-corrected chi connectivity index (χ4v) is 2.40. The molecule has 0 bridgehead atoms. The fraction of sp³-hybridized carbons (Fsp3) is 0.571. The molecule has 2 atom stereocenters. The summed E-state index contributed by atoms with van der Waals surface area (Å²) in [7, 11) is 0. The highest BCUT2D eigenvalue weighted by atomic mass is 35.5. The minimum absolute atomic E-state index is 0.00405. The zero-order chi connectivity index (χ0) is 12.3. The number of alkyl halides is 1. The number of rotatable bonds is 4. The Kier molecular flexibility index (Phi) is 4.08. The number of hydrogen-bond donors (Lipinski definition) is 0. The first kappa shape index (κ1) is 12.9. The molecule has 2 nitrogen and oxygen atoms in total. The number of hydrogen-bond acceptors (Lipinski definition) is 2. The van der Waals surface area contributed by atoms with Crippen molar-refractivity contribution in [1.29, 1.82) is 0 Å². The highest BCUT2D eigenvalue weighted by Crippen LogP contribution is 2.39. The molecule has 2 rings (SSSR count). The highest BCUT2D eigenvalue weighted by Gasteiger charge is 2.43. The summed E-state index contributed by atoms with van der Waals surface area (Å²) < 4.78 is 12.0. The summed E-state index contributed by atoms with van der Waals surface area (Å²) in [5, 5.41) is 0. The monoisotopic (exact) mass is 254 g/mol. The van der Waals surface area contributed by atoms with Crippen molar-refractivity contribution < 1.29 is 9.47 Å². The van der Waals surface area contributed by atoms with E-state index in [1.807, 2.05) is 18.2 Å². The van der Waals surface area contributed by atoms with Gasteiger partial charge >= 0.3 is 0 Å². The van der Waals surface area contributed by atoms with Gasteiger partial charge in [-0.15, -0.1) is 11.6 Å². The second-order valence-electron chi connectivity index (χ2n) is 4.92. The van der Waals surface area contributed by atoms with Gasteiger partial charge in [0.1, 0.15) is 0 Å². The average molecular weight is 255 g/mol. The summed E-state index contributed by atoms with van der Waals surface area (Å²) in [6.07, 6.45) is 0.848. The zero-order valence-corrected chi connectivity index (χ0v) is 11.1. The van der Waals surface area contributed by atoms with Crippen LogP contribution in [0.3, 0.4) is 0 Å². The minimum atomic E-state index is -0.602. The van der Waals surface area contributed by atoms with Gasteiger partial charge in [-0.05, 0) is 5.92 Å². The molecule has 0 aliphatic carbocycles. The molecule has 1 saturated heterocycles. The molecule has 1 fully saturated rings. The van der Waals surface area contributed by atoms with Crippen molar-refractivity contribution in [3.05, 3.63) is 35.9 Å². The molecule has 3 heteroatoms. The van der Waals surface area contributed by atoms with Crippen LogP contribution in [0.2, 0.25) is 0 Å². The van der Waals surface area contributed by atoms with Crippen molar-refractivity contribution in [3.8, 4) is 0 Å². The van der Waals surface area contributed by atoms with Gasteiger partial charge in [0.2, 0.25) is 0 Å². The second kappa shape index (κ2) is 5.38. The van der Waals surface area contributed by atoms with Crippen LogP contribution in [0.1, 0.15) is 25.8 Å². The molecule has 0 saturated carbocycles. The second-order valence-corrected chi connectivity index (χ2v) is 5.23. The van der Waals surface area contributed by atoms with Crippen LogP contribution in [0.15, 0.2) is 30.3 Å². The van der Waals surface area contributed by atoms with Crippen LogP contribution in [0, 0.1) is 5.92 Å². The molecule has 17 heavy (non-hydrogen) atoms. The fourth-order valence-electron chi connectivity index (χ4n) is 2.25. The Balaban J connectivity index is 2.26. The van der Waals surface area contributed by atoms with Crippen molar-refractivity contribution in [1.82, 2.24) is 0 Å². The first-order valence-electron chi connectivity index (χ1n) is 6.09. The Hall–Kier alpha value is -0.570. The van der Waals surface area contributed by atoms with Crippen LogP contribution in [0.4, 0.5) is 0 Å². The van der Waals surface area contributed by atoms with Crippen molar-refractivity contribution in [3.63, 3.8) is 0 Å². The summed E-state index contributed by atoms with van der Waals surface area (Å²) in [6.45, 7) is 4.92. The molecule has 0 radical (unpaired) electrons. The molecule has 0 amide bonds. The number of benzene rings is 1. The third-order valence-corrected chi connectivity index (χ3v) is 3.27. The highest BCUT2D eigenvalue weighted by molar-refractivity contribution is 6.18. The van der Waals surface area contributed by atoms with Crippen LogP contribution < -0.4 is 0 Å². The third-order valence-electron chi connectivity index (χ3n) is 2.92. The van der Waals surface area contributed by atoms with E-state index in [1.54, 1.807) is 0 Å². The largest absolute Gasteiger partial charge is 0.343 e. The lowest BCUT2D eigenvalue weighted by Gasteiger charge is -2.30. The van der Waals surface area contributed by atoms with E-state index in [0.717, 1.165) is 12.0 Å². The lowest BCUT2D eigenvalue weighted by Crippen LogP contribution is -2.30. The molecule has 1 aliphatic rings. The maximum Gasteiger partial charge on any atom is 0.195 e. The van der Waals surface area contributed by atoms with Gasteiger partial charge in [0, 0.05) is 12.0 Å². The van der Waals surface area contributed by atoms with Crippen LogP contribution in [0.5, 0.6) is 0 Å². The van der Waals surface area contributed by atoms with Gasteiger partial charge in [0.25, 0.3) is 0 Å². The lowest BCUT2D eigenvalue weighted by molar-refractivity contribution is -0.185. The van der Waals surface area contributed by atoms with Gasteiger partial charge < -0.3 is 9.47 Å². The Labute approximate surface area is 108 Å². The van der Waals surface area contributed by atoms with E-state index in [2.05, 4.69) is 26.0 Å². The van der Waals surface area contributed by atoms with E-state index in [-0.39, 0.29) is 6.10 Å². The standard InChI is InChI=1S/C14H19ClO2/c1-11(2)8-14(12-6-4-3-5-7-12)16-10-13(9-15)17-14/h3-7,11,13H,8-10H2,1-2H3. The molecule has 0 N–H and O–H groups in total. The molecule has 1 aromatic rings. The van der Waals surface area contributed by atoms with E-state index >= 15 is 0 Å². The maximum absolute atomic E-state index is 6.04. The van der Waals surface area contributed by atoms with Crippen LogP contribution >= 0.6 is 11.6 Å². The Morgan fingerprint density at radius 1 is 1.35 bits per heavy atom.